The average Bonchev–Trinajstić information content (AvgIpc) is 2.65. The fourth-order valence-electron chi connectivity index (χ4n) is 1.18. The summed E-state index contributed by atoms with van der Waals surface area (Å²) >= 11 is 0. The second-order valence-corrected chi connectivity index (χ2v) is 3.09. The standard InChI is InChI=1S/C9H10N6O/c10-6-3-1-2-5(4-6)7-13-9(16-15-7)14-8(11)12/h1-4H,10H2,(H4,11,12,13,14,15). The fraction of sp³-hybridized carbons (Fsp3) is 0. The average molecular weight is 218 g/mol. The van der Waals surface area contributed by atoms with Crippen LogP contribution < -0.4 is 16.8 Å². The largest absolute Gasteiger partial charge is 0.399 e. The van der Waals surface area contributed by atoms with E-state index < -0.39 is 0 Å². The summed E-state index contributed by atoms with van der Waals surface area (Å²) < 4.78 is 4.84. The van der Waals surface area contributed by atoms with Crippen molar-refractivity contribution in [1.82, 2.24) is 10.1 Å². The molecular formula is C9H10N6O. The highest BCUT2D eigenvalue weighted by Gasteiger charge is 2.08. The topological polar surface area (TPSA) is 127 Å². The maximum atomic E-state index is 7.00. The monoisotopic (exact) mass is 218 g/mol. The minimum Gasteiger partial charge on any atom is -0.399 e. The smallest absolute Gasteiger partial charge is 0.328 e. The van der Waals surface area contributed by atoms with Crippen LogP contribution in [0.3, 0.4) is 0 Å². The van der Waals surface area contributed by atoms with Crippen molar-refractivity contribution >= 4 is 17.7 Å². The molecule has 82 valence electrons. The number of hydrogen-bond acceptors (Lipinski definition) is 5. The number of rotatable bonds is 2. The first kappa shape index (κ1) is 9.97. The number of nitrogens with two attached hydrogens (primary N) is 2. The van der Waals surface area contributed by atoms with Crippen molar-refractivity contribution in [2.24, 2.45) is 5.73 Å². The molecule has 0 saturated carbocycles. The molecular weight excluding hydrogens is 208 g/mol. The van der Waals surface area contributed by atoms with Gasteiger partial charge in [-0.1, -0.05) is 17.3 Å². The van der Waals surface area contributed by atoms with Gasteiger partial charge >= 0.3 is 6.01 Å². The summed E-state index contributed by atoms with van der Waals surface area (Å²) in [6.07, 6.45) is 0. The Bertz CT molecular complexity index is 520. The van der Waals surface area contributed by atoms with Crippen LogP contribution in [0.5, 0.6) is 0 Å². The molecule has 0 atom stereocenters. The fourth-order valence-corrected chi connectivity index (χ4v) is 1.18. The van der Waals surface area contributed by atoms with Gasteiger partial charge in [-0.05, 0) is 12.1 Å². The first-order valence-electron chi connectivity index (χ1n) is 4.46. The lowest BCUT2D eigenvalue weighted by molar-refractivity contribution is 0.436. The van der Waals surface area contributed by atoms with E-state index in [9.17, 15) is 0 Å². The maximum absolute atomic E-state index is 7.00. The van der Waals surface area contributed by atoms with E-state index in [0.29, 0.717) is 11.5 Å². The van der Waals surface area contributed by atoms with E-state index in [1.807, 2.05) is 0 Å². The van der Waals surface area contributed by atoms with Gasteiger partial charge in [0.25, 0.3) is 0 Å². The molecule has 0 saturated heterocycles. The Morgan fingerprint density at radius 2 is 2.25 bits per heavy atom. The number of guanidine groups is 1. The van der Waals surface area contributed by atoms with Crippen LogP contribution in [0.25, 0.3) is 11.4 Å². The maximum Gasteiger partial charge on any atom is 0.328 e. The van der Waals surface area contributed by atoms with E-state index in [1.54, 1.807) is 24.3 Å². The van der Waals surface area contributed by atoms with Crippen LogP contribution in [0, 0.1) is 5.41 Å². The molecule has 0 bridgehead atoms. The number of nitrogen functional groups attached to an aromatic ring is 1. The van der Waals surface area contributed by atoms with Gasteiger partial charge in [0.05, 0.1) is 0 Å². The van der Waals surface area contributed by atoms with Crippen LogP contribution in [-0.2, 0) is 0 Å². The lowest BCUT2D eigenvalue weighted by atomic mass is 10.2. The van der Waals surface area contributed by atoms with Gasteiger partial charge < -0.3 is 16.0 Å². The molecule has 6 N–H and O–H groups in total. The van der Waals surface area contributed by atoms with Gasteiger partial charge in [-0.25, -0.2) is 0 Å². The lowest BCUT2D eigenvalue weighted by Gasteiger charge is -1.95. The van der Waals surface area contributed by atoms with Gasteiger partial charge in [0.2, 0.25) is 5.82 Å². The second-order valence-electron chi connectivity index (χ2n) is 3.09. The molecule has 1 heterocycles. The number of anilines is 2. The SMILES string of the molecule is N=C(N)Nc1nc(-c2cccc(N)c2)no1. The zero-order valence-electron chi connectivity index (χ0n) is 8.27. The van der Waals surface area contributed by atoms with Gasteiger partial charge in [0.15, 0.2) is 5.96 Å². The Balaban J connectivity index is 2.28. The number of nitrogens with zero attached hydrogens (tertiary/aromatic N) is 2. The first-order valence-corrected chi connectivity index (χ1v) is 4.46. The van der Waals surface area contributed by atoms with Crippen LogP contribution >= 0.6 is 0 Å². The molecule has 0 aliphatic rings. The summed E-state index contributed by atoms with van der Waals surface area (Å²) in [6, 6.07) is 7.16. The Labute approximate surface area is 91.0 Å². The van der Waals surface area contributed by atoms with E-state index in [-0.39, 0.29) is 12.0 Å². The molecule has 16 heavy (non-hydrogen) atoms. The molecule has 0 aliphatic heterocycles. The van der Waals surface area contributed by atoms with Crippen LogP contribution in [0.1, 0.15) is 0 Å². The summed E-state index contributed by atoms with van der Waals surface area (Å²) in [7, 11) is 0. The van der Waals surface area contributed by atoms with Crippen molar-refractivity contribution in [2.75, 3.05) is 11.1 Å². The molecule has 7 heteroatoms. The molecule has 0 amide bonds. The molecule has 0 fully saturated rings. The first-order chi connectivity index (χ1) is 7.65. The van der Waals surface area contributed by atoms with Crippen molar-refractivity contribution in [3.8, 4) is 11.4 Å². The number of nitrogens with one attached hydrogen (secondary N) is 2. The number of hydrogen-bond donors (Lipinski definition) is 4. The molecule has 0 unspecified atom stereocenters. The highest BCUT2D eigenvalue weighted by atomic mass is 16.5. The Morgan fingerprint density at radius 3 is 2.94 bits per heavy atom. The van der Waals surface area contributed by atoms with Crippen LogP contribution in [-0.4, -0.2) is 16.1 Å². The minimum absolute atomic E-state index is 0.0740. The molecule has 0 spiro atoms. The zero-order valence-corrected chi connectivity index (χ0v) is 8.27. The van der Waals surface area contributed by atoms with Gasteiger partial charge in [-0.2, -0.15) is 4.98 Å². The molecule has 0 radical (unpaired) electrons. The Kier molecular flexibility index (Phi) is 2.42. The normalized spacial score (nSPS) is 10.0. The van der Waals surface area contributed by atoms with Crippen molar-refractivity contribution in [3.05, 3.63) is 24.3 Å². The molecule has 0 aliphatic carbocycles. The predicted molar refractivity (Wildman–Crippen MR) is 59.7 cm³/mol. The lowest BCUT2D eigenvalue weighted by Crippen LogP contribution is -2.20. The van der Waals surface area contributed by atoms with Crippen LogP contribution in [0.2, 0.25) is 0 Å². The molecule has 1 aromatic heterocycles. The van der Waals surface area contributed by atoms with E-state index in [4.69, 9.17) is 21.4 Å². The third-order valence-electron chi connectivity index (χ3n) is 1.81. The van der Waals surface area contributed by atoms with Crippen molar-refractivity contribution < 1.29 is 4.52 Å². The van der Waals surface area contributed by atoms with E-state index in [1.165, 1.54) is 0 Å². The zero-order chi connectivity index (χ0) is 11.5. The second kappa shape index (κ2) is 3.89. The van der Waals surface area contributed by atoms with Gasteiger partial charge in [-0.15, -0.1) is 0 Å². The molecule has 7 nitrogen and oxygen atoms in total. The Hall–Kier alpha value is -2.57. The number of aromatic nitrogens is 2. The third-order valence-corrected chi connectivity index (χ3v) is 1.81. The molecule has 2 aromatic rings. The third kappa shape index (κ3) is 2.08. The quantitative estimate of drug-likeness (QED) is 0.332. The van der Waals surface area contributed by atoms with E-state index >= 15 is 0 Å². The molecule has 1 aromatic carbocycles. The van der Waals surface area contributed by atoms with Crippen LogP contribution in [0.4, 0.5) is 11.7 Å². The van der Waals surface area contributed by atoms with E-state index in [0.717, 1.165) is 5.56 Å². The summed E-state index contributed by atoms with van der Waals surface area (Å²) in [5.74, 6) is 0.124. The highest BCUT2D eigenvalue weighted by molar-refractivity contribution is 5.87. The van der Waals surface area contributed by atoms with Gasteiger partial charge in [0, 0.05) is 11.3 Å². The summed E-state index contributed by atoms with van der Waals surface area (Å²) in [5.41, 5.74) is 12.1. The summed E-state index contributed by atoms with van der Waals surface area (Å²) in [4.78, 5) is 4.00. The summed E-state index contributed by atoms with van der Waals surface area (Å²) in [6.45, 7) is 0. The van der Waals surface area contributed by atoms with Crippen LogP contribution in [0.15, 0.2) is 28.8 Å². The highest BCUT2D eigenvalue weighted by Crippen LogP contribution is 2.19. The minimum atomic E-state index is -0.261. The van der Waals surface area contributed by atoms with E-state index in [2.05, 4.69) is 15.5 Å². The van der Waals surface area contributed by atoms with Gasteiger partial charge in [-0.3, -0.25) is 10.7 Å². The predicted octanol–water partition coefficient (Wildman–Crippen LogP) is 0.624. The number of benzene rings is 1. The van der Waals surface area contributed by atoms with Crippen molar-refractivity contribution in [2.45, 2.75) is 0 Å². The summed E-state index contributed by atoms with van der Waals surface area (Å²) in [5, 5.41) is 13.1. The molecule has 2 rings (SSSR count). The van der Waals surface area contributed by atoms with Crippen molar-refractivity contribution in [3.63, 3.8) is 0 Å². The van der Waals surface area contributed by atoms with Crippen molar-refractivity contribution in [1.29, 1.82) is 5.41 Å². The Morgan fingerprint density at radius 1 is 1.44 bits per heavy atom. The van der Waals surface area contributed by atoms with Gasteiger partial charge in [0.1, 0.15) is 0 Å².